The van der Waals surface area contributed by atoms with Gasteiger partial charge in [-0.05, 0) is 24.1 Å². The number of carboxylic acids is 1. The highest BCUT2D eigenvalue weighted by Gasteiger charge is 2.23. The number of nitrogens with one attached hydrogen (secondary N) is 2. The van der Waals surface area contributed by atoms with E-state index in [1.54, 1.807) is 13.8 Å². The number of benzene rings is 1. The highest BCUT2D eigenvalue weighted by Crippen LogP contribution is 2.18. The minimum Gasteiger partial charge on any atom is -0.480 e. The summed E-state index contributed by atoms with van der Waals surface area (Å²) in [5.41, 5.74) is 0.187. The number of urea groups is 1. The van der Waals surface area contributed by atoms with Gasteiger partial charge in [0.25, 0.3) is 0 Å². The average Bonchev–Trinajstić information content (AvgIpc) is 2.30. The first kappa shape index (κ1) is 15.2. The van der Waals surface area contributed by atoms with Gasteiger partial charge in [0.2, 0.25) is 0 Å². The minimum absolute atomic E-state index is 0.0587. The van der Waals surface area contributed by atoms with E-state index in [4.69, 9.17) is 16.7 Å². The molecule has 0 saturated heterocycles. The Balaban J connectivity index is 2.69. The molecule has 1 aromatic carbocycles. The Hall–Kier alpha value is -1.82. The van der Waals surface area contributed by atoms with E-state index >= 15 is 0 Å². The molecule has 104 valence electrons. The lowest BCUT2D eigenvalue weighted by Crippen LogP contribution is -2.46. The number of carbonyl (C=O) groups is 2. The lowest BCUT2D eigenvalue weighted by atomic mass is 10.1. The van der Waals surface area contributed by atoms with Crippen LogP contribution in [0, 0.1) is 11.7 Å². The number of hydrogen-bond acceptors (Lipinski definition) is 2. The van der Waals surface area contributed by atoms with Gasteiger partial charge in [0.15, 0.2) is 0 Å². The molecule has 0 aliphatic rings. The molecule has 5 nitrogen and oxygen atoms in total. The Kier molecular flexibility index (Phi) is 5.11. The number of rotatable bonds is 4. The molecule has 1 rings (SSSR count). The molecule has 0 fully saturated rings. The van der Waals surface area contributed by atoms with Crippen LogP contribution in [0.5, 0.6) is 0 Å². The Bertz CT molecular complexity index is 494. The molecule has 0 aliphatic heterocycles. The zero-order valence-corrected chi connectivity index (χ0v) is 11.2. The molecule has 0 radical (unpaired) electrons. The SMILES string of the molecule is CC(C)[C@@H](NC(=O)Nc1ccc(Cl)c(F)c1)C(=O)O. The molecule has 0 heterocycles. The van der Waals surface area contributed by atoms with E-state index in [0.717, 1.165) is 6.07 Å². The number of halogens is 2. The normalized spacial score (nSPS) is 12.1. The molecule has 2 amide bonds. The minimum atomic E-state index is -1.13. The molecule has 0 aromatic heterocycles. The molecular weight excluding hydrogens is 275 g/mol. The van der Waals surface area contributed by atoms with Crippen molar-refractivity contribution in [3.05, 3.63) is 29.0 Å². The van der Waals surface area contributed by atoms with Gasteiger partial charge in [-0.25, -0.2) is 14.0 Å². The van der Waals surface area contributed by atoms with Crippen molar-refractivity contribution in [2.45, 2.75) is 19.9 Å². The molecule has 3 N–H and O–H groups in total. The highest BCUT2D eigenvalue weighted by molar-refractivity contribution is 6.30. The zero-order valence-electron chi connectivity index (χ0n) is 10.4. The van der Waals surface area contributed by atoms with Gasteiger partial charge in [0.05, 0.1) is 5.02 Å². The van der Waals surface area contributed by atoms with Crippen LogP contribution in [0.25, 0.3) is 0 Å². The van der Waals surface area contributed by atoms with Gasteiger partial charge >= 0.3 is 12.0 Å². The van der Waals surface area contributed by atoms with Gasteiger partial charge in [0.1, 0.15) is 11.9 Å². The zero-order chi connectivity index (χ0) is 14.6. The maximum absolute atomic E-state index is 13.2. The van der Waals surface area contributed by atoms with Crippen LogP contribution in [0.15, 0.2) is 18.2 Å². The van der Waals surface area contributed by atoms with E-state index in [2.05, 4.69) is 10.6 Å². The van der Waals surface area contributed by atoms with Gasteiger partial charge < -0.3 is 15.7 Å². The third kappa shape index (κ3) is 4.40. The van der Waals surface area contributed by atoms with Gasteiger partial charge in [-0.15, -0.1) is 0 Å². The average molecular weight is 289 g/mol. The van der Waals surface area contributed by atoms with Crippen LogP contribution in [0.3, 0.4) is 0 Å². The Morgan fingerprint density at radius 1 is 1.37 bits per heavy atom. The quantitative estimate of drug-likeness (QED) is 0.797. The van der Waals surface area contributed by atoms with Crippen molar-refractivity contribution in [1.29, 1.82) is 0 Å². The number of anilines is 1. The predicted molar refractivity (Wildman–Crippen MR) is 69.8 cm³/mol. The van der Waals surface area contributed by atoms with Crippen LogP contribution in [0.2, 0.25) is 5.02 Å². The van der Waals surface area contributed by atoms with Crippen molar-refractivity contribution in [1.82, 2.24) is 5.32 Å². The molecule has 0 unspecified atom stereocenters. The van der Waals surface area contributed by atoms with Crippen LogP contribution in [0.1, 0.15) is 13.8 Å². The summed E-state index contributed by atoms with van der Waals surface area (Å²) in [6.45, 7) is 3.34. The van der Waals surface area contributed by atoms with Gasteiger partial charge in [-0.2, -0.15) is 0 Å². The van der Waals surface area contributed by atoms with Crippen molar-refractivity contribution in [3.63, 3.8) is 0 Å². The third-order valence-electron chi connectivity index (χ3n) is 2.40. The summed E-state index contributed by atoms with van der Waals surface area (Å²) in [5.74, 6) is -2.07. The summed E-state index contributed by atoms with van der Waals surface area (Å²) in [6, 6.07) is 2.02. The van der Waals surface area contributed by atoms with Gasteiger partial charge in [-0.3, -0.25) is 0 Å². The van der Waals surface area contributed by atoms with E-state index in [-0.39, 0.29) is 16.6 Å². The molecule has 0 bridgehead atoms. The predicted octanol–water partition coefficient (Wildman–Crippen LogP) is 2.71. The maximum atomic E-state index is 13.2. The van der Waals surface area contributed by atoms with E-state index in [0.29, 0.717) is 0 Å². The number of aliphatic carboxylic acids is 1. The van der Waals surface area contributed by atoms with E-state index < -0.39 is 23.9 Å². The van der Waals surface area contributed by atoms with Gasteiger partial charge in [0, 0.05) is 5.69 Å². The van der Waals surface area contributed by atoms with E-state index in [1.165, 1.54) is 12.1 Å². The Labute approximate surface area is 114 Å². The van der Waals surface area contributed by atoms with Crippen LogP contribution in [-0.4, -0.2) is 23.1 Å². The maximum Gasteiger partial charge on any atom is 0.326 e. The smallest absolute Gasteiger partial charge is 0.326 e. The fraction of sp³-hybridized carbons (Fsp3) is 0.333. The van der Waals surface area contributed by atoms with E-state index in [1.807, 2.05) is 0 Å². The first-order valence-electron chi connectivity index (χ1n) is 5.56. The number of hydrogen-bond donors (Lipinski definition) is 3. The van der Waals surface area contributed by atoms with Crippen molar-refractivity contribution in [3.8, 4) is 0 Å². The summed E-state index contributed by atoms with van der Waals surface area (Å²) in [5, 5.41) is 13.5. The molecule has 0 saturated carbocycles. The van der Waals surface area contributed by atoms with Crippen molar-refractivity contribution in [2.24, 2.45) is 5.92 Å². The van der Waals surface area contributed by atoms with Crippen molar-refractivity contribution < 1.29 is 19.1 Å². The topological polar surface area (TPSA) is 78.4 Å². The van der Waals surface area contributed by atoms with Crippen molar-refractivity contribution >= 4 is 29.3 Å². The lowest BCUT2D eigenvalue weighted by molar-refractivity contribution is -0.140. The Morgan fingerprint density at radius 2 is 2.00 bits per heavy atom. The number of carboxylic acid groups (broad SMARTS) is 1. The first-order chi connectivity index (χ1) is 8.81. The summed E-state index contributed by atoms with van der Waals surface area (Å²) in [6.07, 6.45) is 0. The molecular formula is C12H14ClFN2O3. The summed E-state index contributed by atoms with van der Waals surface area (Å²) in [7, 11) is 0. The second kappa shape index (κ2) is 6.38. The van der Waals surface area contributed by atoms with Crippen LogP contribution in [-0.2, 0) is 4.79 Å². The second-order valence-corrected chi connectivity index (χ2v) is 4.69. The highest BCUT2D eigenvalue weighted by atomic mass is 35.5. The number of carbonyl (C=O) groups excluding carboxylic acids is 1. The van der Waals surface area contributed by atoms with Crippen LogP contribution < -0.4 is 10.6 Å². The molecule has 19 heavy (non-hydrogen) atoms. The van der Waals surface area contributed by atoms with Crippen molar-refractivity contribution in [2.75, 3.05) is 5.32 Å². The molecule has 1 atom stereocenters. The Morgan fingerprint density at radius 3 is 2.47 bits per heavy atom. The molecule has 0 spiro atoms. The van der Waals surface area contributed by atoms with Gasteiger partial charge in [-0.1, -0.05) is 25.4 Å². The largest absolute Gasteiger partial charge is 0.480 e. The third-order valence-corrected chi connectivity index (χ3v) is 2.70. The summed E-state index contributed by atoms with van der Waals surface area (Å²) in [4.78, 5) is 22.5. The fourth-order valence-corrected chi connectivity index (χ4v) is 1.51. The summed E-state index contributed by atoms with van der Waals surface area (Å²) < 4.78 is 13.2. The van der Waals surface area contributed by atoms with E-state index in [9.17, 15) is 14.0 Å². The summed E-state index contributed by atoms with van der Waals surface area (Å²) >= 11 is 5.50. The van der Waals surface area contributed by atoms with Crippen LogP contribution in [0.4, 0.5) is 14.9 Å². The number of amides is 2. The van der Waals surface area contributed by atoms with Crippen LogP contribution >= 0.6 is 11.6 Å². The lowest BCUT2D eigenvalue weighted by Gasteiger charge is -2.18. The fourth-order valence-electron chi connectivity index (χ4n) is 1.40. The second-order valence-electron chi connectivity index (χ2n) is 4.29. The molecule has 1 aromatic rings. The first-order valence-corrected chi connectivity index (χ1v) is 5.94. The standard InChI is InChI=1S/C12H14ClFN2O3/c1-6(2)10(11(17)18)16-12(19)15-7-3-4-8(13)9(14)5-7/h3-6,10H,1-2H3,(H,17,18)(H2,15,16,19)/t10-/m1/s1. The molecule has 0 aliphatic carbocycles. The molecule has 7 heteroatoms. The monoisotopic (exact) mass is 288 g/mol.